The third-order valence-corrected chi connectivity index (χ3v) is 6.29. The van der Waals surface area contributed by atoms with Gasteiger partial charge in [0.15, 0.2) is 0 Å². The van der Waals surface area contributed by atoms with Crippen LogP contribution in [0.3, 0.4) is 0 Å². The van der Waals surface area contributed by atoms with Crippen molar-refractivity contribution in [2.45, 2.75) is 56.9 Å². The second-order valence-corrected chi connectivity index (χ2v) is 7.46. The number of nitrogens with zero attached hydrogens (tertiary/aromatic N) is 1. The number of hydrogen-bond donors (Lipinski definition) is 0. The maximum atomic E-state index is 13.0. The van der Waals surface area contributed by atoms with E-state index in [0.29, 0.717) is 29.6 Å². The molecule has 0 amide bonds. The molecular weight excluding hydrogens is 270 g/mol. The van der Waals surface area contributed by atoms with Gasteiger partial charge >= 0.3 is 0 Å². The molecular formula is C20H27NO. The van der Waals surface area contributed by atoms with E-state index in [9.17, 15) is 4.79 Å². The number of carbonyl (C=O) groups is 1. The quantitative estimate of drug-likeness (QED) is 0.822. The Bertz CT molecular complexity index is 520. The third-order valence-electron chi connectivity index (χ3n) is 6.29. The summed E-state index contributed by atoms with van der Waals surface area (Å²) in [6.07, 6.45) is 8.69. The van der Waals surface area contributed by atoms with Gasteiger partial charge in [-0.1, -0.05) is 43.2 Å². The van der Waals surface area contributed by atoms with Crippen molar-refractivity contribution in [3.8, 4) is 0 Å². The number of benzene rings is 1. The van der Waals surface area contributed by atoms with Gasteiger partial charge in [0.25, 0.3) is 0 Å². The first kappa shape index (κ1) is 14.4. The minimum Gasteiger partial charge on any atom is -0.300 e. The van der Waals surface area contributed by atoms with Crippen LogP contribution in [0.1, 0.15) is 56.4 Å². The van der Waals surface area contributed by atoms with Crippen LogP contribution >= 0.6 is 0 Å². The maximum absolute atomic E-state index is 13.0. The number of likely N-dealkylation sites (tertiary alicyclic amines) is 1. The molecule has 3 aliphatic rings. The topological polar surface area (TPSA) is 20.3 Å². The van der Waals surface area contributed by atoms with Crippen LogP contribution in [0, 0.1) is 11.8 Å². The van der Waals surface area contributed by atoms with Crippen molar-refractivity contribution < 1.29 is 4.79 Å². The van der Waals surface area contributed by atoms with Crippen molar-refractivity contribution >= 4 is 5.78 Å². The summed E-state index contributed by atoms with van der Waals surface area (Å²) in [5.74, 6) is 1.66. The van der Waals surface area contributed by atoms with Crippen molar-refractivity contribution in [1.29, 1.82) is 0 Å². The number of hydrogen-bond acceptors (Lipinski definition) is 2. The number of fused-ring (bicyclic) bond motifs is 2. The summed E-state index contributed by atoms with van der Waals surface area (Å²) < 4.78 is 0. The first-order valence-corrected chi connectivity index (χ1v) is 9.17. The number of Topliss-reactive ketones (excluding diaryl/α,β-unsaturated/α-hetero) is 1. The van der Waals surface area contributed by atoms with E-state index in [1.807, 2.05) is 0 Å². The van der Waals surface area contributed by atoms with Crippen molar-refractivity contribution in [1.82, 2.24) is 4.90 Å². The number of carbonyl (C=O) groups excluding carboxylic acids is 1. The number of rotatable bonds is 2. The number of ketones is 1. The van der Waals surface area contributed by atoms with Crippen molar-refractivity contribution in [2.75, 3.05) is 13.1 Å². The van der Waals surface area contributed by atoms with E-state index >= 15 is 0 Å². The molecule has 118 valence electrons. The molecule has 2 saturated carbocycles. The molecule has 3 fully saturated rings. The minimum atomic E-state index is 0.294. The lowest BCUT2D eigenvalue weighted by Crippen LogP contribution is -2.53. The monoisotopic (exact) mass is 297 g/mol. The highest BCUT2D eigenvalue weighted by atomic mass is 16.1. The summed E-state index contributed by atoms with van der Waals surface area (Å²) in [7, 11) is 0. The molecule has 1 aliphatic heterocycles. The van der Waals surface area contributed by atoms with Crippen LogP contribution in [0.5, 0.6) is 0 Å². The molecule has 0 radical (unpaired) electrons. The fourth-order valence-corrected chi connectivity index (χ4v) is 5.21. The zero-order valence-electron chi connectivity index (χ0n) is 13.4. The van der Waals surface area contributed by atoms with Gasteiger partial charge in [0.1, 0.15) is 5.78 Å². The van der Waals surface area contributed by atoms with Crippen molar-refractivity contribution in [3.63, 3.8) is 0 Å². The molecule has 0 N–H and O–H groups in total. The van der Waals surface area contributed by atoms with Crippen LogP contribution in [0.25, 0.3) is 0 Å². The lowest BCUT2D eigenvalue weighted by molar-refractivity contribution is -0.137. The summed E-state index contributed by atoms with van der Waals surface area (Å²) in [6, 6.07) is 11.3. The summed E-state index contributed by atoms with van der Waals surface area (Å²) >= 11 is 0. The molecule has 2 aliphatic carbocycles. The Labute approximate surface area is 133 Å². The molecule has 0 aromatic heterocycles. The van der Waals surface area contributed by atoms with E-state index in [0.717, 1.165) is 12.8 Å². The Hall–Kier alpha value is -1.15. The smallest absolute Gasteiger partial charge is 0.141 e. The molecule has 0 unspecified atom stereocenters. The lowest BCUT2D eigenvalue weighted by atomic mass is 9.61. The van der Waals surface area contributed by atoms with E-state index in [4.69, 9.17) is 0 Å². The number of piperidine rings is 1. The molecule has 2 bridgehead atoms. The normalized spacial score (nSPS) is 36.3. The van der Waals surface area contributed by atoms with E-state index in [1.165, 1.54) is 50.8 Å². The molecule has 22 heavy (non-hydrogen) atoms. The highest BCUT2D eigenvalue weighted by Crippen LogP contribution is 2.47. The molecule has 4 atom stereocenters. The van der Waals surface area contributed by atoms with Crippen LogP contribution in [0.2, 0.25) is 0 Å². The van der Waals surface area contributed by atoms with Crippen LogP contribution in [-0.2, 0) is 4.79 Å². The molecule has 0 spiro atoms. The second kappa shape index (κ2) is 6.16. The molecule has 2 nitrogen and oxygen atoms in total. The Morgan fingerprint density at radius 2 is 1.55 bits per heavy atom. The van der Waals surface area contributed by atoms with Gasteiger partial charge in [0.2, 0.25) is 0 Å². The van der Waals surface area contributed by atoms with Crippen LogP contribution in [-0.4, -0.2) is 29.8 Å². The summed E-state index contributed by atoms with van der Waals surface area (Å²) in [5, 5.41) is 0. The van der Waals surface area contributed by atoms with Gasteiger partial charge in [0, 0.05) is 17.9 Å². The van der Waals surface area contributed by atoms with Crippen molar-refractivity contribution in [3.05, 3.63) is 35.9 Å². The fraction of sp³-hybridized carbons (Fsp3) is 0.650. The van der Waals surface area contributed by atoms with Crippen LogP contribution in [0.4, 0.5) is 0 Å². The molecule has 1 saturated heterocycles. The first-order valence-electron chi connectivity index (χ1n) is 9.17. The van der Waals surface area contributed by atoms with E-state index in [2.05, 4.69) is 35.2 Å². The molecule has 2 heteroatoms. The van der Waals surface area contributed by atoms with E-state index < -0.39 is 0 Å². The van der Waals surface area contributed by atoms with Gasteiger partial charge in [-0.3, -0.25) is 9.69 Å². The summed E-state index contributed by atoms with van der Waals surface area (Å²) in [6.45, 7) is 2.42. The zero-order valence-corrected chi connectivity index (χ0v) is 13.4. The predicted octanol–water partition coefficient (Wildman–Crippen LogP) is 4.01. The maximum Gasteiger partial charge on any atom is 0.141 e. The Kier molecular flexibility index (Phi) is 4.04. The van der Waals surface area contributed by atoms with E-state index in [1.54, 1.807) is 0 Å². The molecule has 4 rings (SSSR count). The third kappa shape index (κ3) is 2.52. The molecule has 1 aromatic carbocycles. The van der Waals surface area contributed by atoms with E-state index in [-0.39, 0.29) is 0 Å². The van der Waals surface area contributed by atoms with Gasteiger partial charge in [-0.2, -0.15) is 0 Å². The molecule has 1 heterocycles. The highest BCUT2D eigenvalue weighted by Gasteiger charge is 2.47. The Morgan fingerprint density at radius 1 is 0.818 bits per heavy atom. The van der Waals surface area contributed by atoms with Gasteiger partial charge in [0.05, 0.1) is 0 Å². The van der Waals surface area contributed by atoms with Crippen LogP contribution < -0.4 is 0 Å². The molecule has 1 aromatic rings. The lowest BCUT2D eigenvalue weighted by Gasteiger charge is -2.49. The summed E-state index contributed by atoms with van der Waals surface area (Å²) in [4.78, 5) is 15.7. The van der Waals surface area contributed by atoms with Gasteiger partial charge in [-0.05, 0) is 56.7 Å². The Morgan fingerprint density at radius 3 is 2.32 bits per heavy atom. The van der Waals surface area contributed by atoms with Gasteiger partial charge in [-0.15, -0.1) is 0 Å². The minimum absolute atomic E-state index is 0.294. The highest BCUT2D eigenvalue weighted by molar-refractivity contribution is 5.86. The van der Waals surface area contributed by atoms with Gasteiger partial charge < -0.3 is 0 Å². The SMILES string of the molecule is O=C1[C@H]2CCC[C@H]1[C@@H](N1CCCCC1)C[C@@H]2c1ccccc1. The standard InChI is InChI=1S/C20H27NO/c22-20-16-10-7-11-17(20)19(21-12-5-2-6-13-21)14-18(16)15-8-3-1-4-9-15/h1,3-4,8-9,16-19H,2,5-7,10-14H2/t16-,17-,18+,19-/m0/s1. The second-order valence-electron chi connectivity index (χ2n) is 7.46. The zero-order chi connectivity index (χ0) is 14.9. The fourth-order valence-electron chi connectivity index (χ4n) is 5.21. The van der Waals surface area contributed by atoms with Gasteiger partial charge in [-0.25, -0.2) is 0 Å². The predicted molar refractivity (Wildman–Crippen MR) is 88.9 cm³/mol. The average molecular weight is 297 g/mol. The Balaban J connectivity index is 1.63. The summed E-state index contributed by atoms with van der Waals surface area (Å²) in [5.41, 5.74) is 1.39. The largest absolute Gasteiger partial charge is 0.300 e. The first-order chi connectivity index (χ1) is 10.8. The average Bonchev–Trinajstić information content (AvgIpc) is 2.57. The van der Waals surface area contributed by atoms with Crippen molar-refractivity contribution in [2.24, 2.45) is 11.8 Å². The van der Waals surface area contributed by atoms with Crippen LogP contribution in [0.15, 0.2) is 30.3 Å².